The standard InChI is InChI=1S/C21H24FN5.HI/c1-16-24-9-10-27(16)15-19-7-3-5-17(11-19)13-25-21(23-2)26-14-18-6-4-8-20(22)12-18;/h3-12H,13-15H2,1-2H3,(H2,23,25,26);1H. The monoisotopic (exact) mass is 493 g/mol. The molecule has 148 valence electrons. The first-order chi connectivity index (χ1) is 13.1. The van der Waals surface area contributed by atoms with Gasteiger partial charge in [0.15, 0.2) is 5.96 Å². The molecule has 0 spiro atoms. The van der Waals surface area contributed by atoms with E-state index in [-0.39, 0.29) is 29.8 Å². The number of hydrogen-bond donors (Lipinski definition) is 2. The lowest BCUT2D eigenvalue weighted by atomic mass is 10.1. The SMILES string of the molecule is CN=C(NCc1cccc(F)c1)NCc1cccc(Cn2ccnc2C)c1.I. The van der Waals surface area contributed by atoms with Gasteiger partial charge in [0.2, 0.25) is 0 Å². The number of guanidine groups is 1. The highest BCUT2D eigenvalue weighted by molar-refractivity contribution is 14.0. The molecule has 2 N–H and O–H groups in total. The molecule has 0 aliphatic rings. The minimum absolute atomic E-state index is 0. The normalized spacial score (nSPS) is 11.0. The fraction of sp³-hybridized carbons (Fsp3) is 0.238. The predicted octanol–water partition coefficient (Wildman–Crippen LogP) is 3.86. The van der Waals surface area contributed by atoms with Crippen molar-refractivity contribution in [2.24, 2.45) is 4.99 Å². The first kappa shape index (κ1) is 21.9. The van der Waals surface area contributed by atoms with Crippen LogP contribution in [-0.2, 0) is 19.6 Å². The zero-order chi connectivity index (χ0) is 19.1. The van der Waals surface area contributed by atoms with Crippen LogP contribution in [0, 0.1) is 12.7 Å². The maximum atomic E-state index is 13.3. The Kier molecular flexibility index (Phi) is 8.43. The fourth-order valence-corrected chi connectivity index (χ4v) is 2.84. The van der Waals surface area contributed by atoms with Crippen molar-refractivity contribution in [2.45, 2.75) is 26.6 Å². The van der Waals surface area contributed by atoms with Crippen molar-refractivity contribution in [3.8, 4) is 0 Å². The number of nitrogens with one attached hydrogen (secondary N) is 2. The molecule has 3 rings (SSSR count). The molecule has 0 bridgehead atoms. The molecule has 0 saturated carbocycles. The van der Waals surface area contributed by atoms with Crippen LogP contribution in [0.25, 0.3) is 0 Å². The summed E-state index contributed by atoms with van der Waals surface area (Å²) in [6.45, 7) is 3.96. The molecule has 0 unspecified atom stereocenters. The molecule has 28 heavy (non-hydrogen) atoms. The first-order valence-corrected chi connectivity index (χ1v) is 8.88. The van der Waals surface area contributed by atoms with Gasteiger partial charge < -0.3 is 15.2 Å². The summed E-state index contributed by atoms with van der Waals surface area (Å²) >= 11 is 0. The zero-order valence-electron chi connectivity index (χ0n) is 16.0. The van der Waals surface area contributed by atoms with Gasteiger partial charge in [-0.1, -0.05) is 36.4 Å². The van der Waals surface area contributed by atoms with Gasteiger partial charge in [0.1, 0.15) is 11.6 Å². The van der Waals surface area contributed by atoms with E-state index in [0.717, 1.165) is 17.9 Å². The van der Waals surface area contributed by atoms with Crippen LogP contribution in [0.3, 0.4) is 0 Å². The van der Waals surface area contributed by atoms with Crippen LogP contribution in [0.2, 0.25) is 0 Å². The number of rotatable bonds is 6. The van der Waals surface area contributed by atoms with Gasteiger partial charge in [-0.05, 0) is 35.7 Å². The highest BCUT2D eigenvalue weighted by Crippen LogP contribution is 2.09. The summed E-state index contributed by atoms with van der Waals surface area (Å²) in [5.74, 6) is 1.44. The number of benzene rings is 2. The Morgan fingerprint density at radius 3 is 2.29 bits per heavy atom. The van der Waals surface area contributed by atoms with Crippen molar-refractivity contribution in [1.29, 1.82) is 0 Å². The lowest BCUT2D eigenvalue weighted by Gasteiger charge is -2.13. The van der Waals surface area contributed by atoms with E-state index in [9.17, 15) is 4.39 Å². The maximum absolute atomic E-state index is 13.3. The first-order valence-electron chi connectivity index (χ1n) is 8.88. The summed E-state index contributed by atoms with van der Waals surface area (Å²) < 4.78 is 15.4. The maximum Gasteiger partial charge on any atom is 0.191 e. The van der Waals surface area contributed by atoms with Gasteiger partial charge in [0.25, 0.3) is 0 Å². The average molecular weight is 493 g/mol. The van der Waals surface area contributed by atoms with Gasteiger partial charge >= 0.3 is 0 Å². The Morgan fingerprint density at radius 1 is 1.04 bits per heavy atom. The van der Waals surface area contributed by atoms with Gasteiger partial charge in [-0.25, -0.2) is 9.37 Å². The number of halogens is 2. The number of aliphatic imine (C=N–C) groups is 1. The van der Waals surface area contributed by atoms with Crippen molar-refractivity contribution < 1.29 is 4.39 Å². The van der Waals surface area contributed by atoms with E-state index in [2.05, 4.69) is 49.4 Å². The molecule has 0 saturated heterocycles. The van der Waals surface area contributed by atoms with Gasteiger partial charge in [0.05, 0.1) is 0 Å². The van der Waals surface area contributed by atoms with Gasteiger partial charge in [0, 0.05) is 39.1 Å². The Balaban J connectivity index is 0.00000280. The lowest BCUT2D eigenvalue weighted by molar-refractivity contribution is 0.624. The van der Waals surface area contributed by atoms with Crippen molar-refractivity contribution >= 4 is 29.9 Å². The van der Waals surface area contributed by atoms with Crippen LogP contribution in [0.15, 0.2) is 65.9 Å². The minimum atomic E-state index is -0.234. The molecule has 0 amide bonds. The van der Waals surface area contributed by atoms with Crippen LogP contribution in [-0.4, -0.2) is 22.6 Å². The van der Waals surface area contributed by atoms with E-state index in [1.165, 1.54) is 23.3 Å². The molecule has 5 nitrogen and oxygen atoms in total. The zero-order valence-corrected chi connectivity index (χ0v) is 18.4. The van der Waals surface area contributed by atoms with Gasteiger partial charge in [-0.15, -0.1) is 24.0 Å². The van der Waals surface area contributed by atoms with E-state index in [0.29, 0.717) is 19.0 Å². The number of aromatic nitrogens is 2. The largest absolute Gasteiger partial charge is 0.352 e. The van der Waals surface area contributed by atoms with E-state index in [1.54, 1.807) is 13.1 Å². The summed E-state index contributed by atoms with van der Waals surface area (Å²) in [6.07, 6.45) is 3.80. The molecule has 0 fully saturated rings. The Morgan fingerprint density at radius 2 is 1.68 bits per heavy atom. The molecule has 1 heterocycles. The van der Waals surface area contributed by atoms with Crippen LogP contribution in [0.5, 0.6) is 0 Å². The molecular weight excluding hydrogens is 468 g/mol. The van der Waals surface area contributed by atoms with Crippen LogP contribution in [0.1, 0.15) is 22.5 Å². The topological polar surface area (TPSA) is 54.2 Å². The van der Waals surface area contributed by atoms with Crippen molar-refractivity contribution in [2.75, 3.05) is 7.05 Å². The molecule has 3 aromatic rings. The third-order valence-electron chi connectivity index (χ3n) is 4.30. The van der Waals surface area contributed by atoms with E-state index < -0.39 is 0 Å². The highest BCUT2D eigenvalue weighted by Gasteiger charge is 2.03. The Labute approximate surface area is 182 Å². The second-order valence-corrected chi connectivity index (χ2v) is 6.33. The van der Waals surface area contributed by atoms with Crippen molar-refractivity contribution in [3.05, 3.63) is 89.3 Å². The van der Waals surface area contributed by atoms with E-state index in [1.807, 2.05) is 25.4 Å². The Hall–Kier alpha value is -2.42. The second-order valence-electron chi connectivity index (χ2n) is 6.33. The van der Waals surface area contributed by atoms with Crippen molar-refractivity contribution in [1.82, 2.24) is 20.2 Å². The molecular formula is C21H25FIN5. The van der Waals surface area contributed by atoms with Crippen molar-refractivity contribution in [3.63, 3.8) is 0 Å². The van der Waals surface area contributed by atoms with E-state index in [4.69, 9.17) is 0 Å². The quantitative estimate of drug-likeness (QED) is 0.312. The van der Waals surface area contributed by atoms with Gasteiger partial charge in [-0.3, -0.25) is 4.99 Å². The number of aryl methyl sites for hydroxylation is 1. The summed E-state index contributed by atoms with van der Waals surface area (Å²) in [4.78, 5) is 8.48. The molecule has 2 aromatic carbocycles. The molecule has 0 radical (unpaired) electrons. The van der Waals surface area contributed by atoms with Gasteiger partial charge in [-0.2, -0.15) is 0 Å². The number of nitrogens with zero attached hydrogens (tertiary/aromatic N) is 3. The molecule has 0 atom stereocenters. The lowest BCUT2D eigenvalue weighted by Crippen LogP contribution is -2.36. The summed E-state index contributed by atoms with van der Waals surface area (Å²) in [5.41, 5.74) is 3.26. The number of imidazole rings is 1. The summed E-state index contributed by atoms with van der Waals surface area (Å²) in [7, 11) is 1.72. The average Bonchev–Trinajstić information content (AvgIpc) is 3.07. The minimum Gasteiger partial charge on any atom is -0.352 e. The van der Waals surface area contributed by atoms with Crippen LogP contribution < -0.4 is 10.6 Å². The Bertz CT molecular complexity index is 922. The number of hydrogen-bond acceptors (Lipinski definition) is 2. The summed E-state index contributed by atoms with van der Waals surface area (Å²) in [6, 6.07) is 15.0. The molecule has 0 aliphatic heterocycles. The molecule has 0 aliphatic carbocycles. The van der Waals surface area contributed by atoms with Crippen LogP contribution >= 0.6 is 24.0 Å². The summed E-state index contributed by atoms with van der Waals surface area (Å²) in [5, 5.41) is 6.50. The third-order valence-corrected chi connectivity index (χ3v) is 4.30. The fourth-order valence-electron chi connectivity index (χ4n) is 2.84. The smallest absolute Gasteiger partial charge is 0.191 e. The third kappa shape index (κ3) is 6.33. The molecule has 1 aromatic heterocycles. The van der Waals surface area contributed by atoms with E-state index >= 15 is 0 Å². The predicted molar refractivity (Wildman–Crippen MR) is 121 cm³/mol. The van der Waals surface area contributed by atoms with Crippen LogP contribution in [0.4, 0.5) is 4.39 Å². The molecule has 7 heteroatoms. The second kappa shape index (κ2) is 10.8. The highest BCUT2D eigenvalue weighted by atomic mass is 127.